The van der Waals surface area contributed by atoms with Crippen molar-refractivity contribution in [3.8, 4) is 0 Å². The minimum atomic E-state index is -1.09. The summed E-state index contributed by atoms with van der Waals surface area (Å²) in [5.41, 5.74) is 10.8. The first-order valence-corrected chi connectivity index (χ1v) is 23.5. The standard InChI is InChI=1S/C47H88N4O6/c1-3-5-7-9-11-13-15-17-19-21-23-25-27-29-31-33-40-56-44(52)38-37-43(51-42(45(53)54)36-35-39-50-47(48)49)46(55)57-41-34-32-30-28-26-24-22-20-18-16-14-12-10-8-6-4-2/h17-20,42-43,51H,3-16,21-41H2,1-2H3,(H,53,54)(H4,48,49,50)/b19-17+,20-18+/t42-,43?/m0/s1. The van der Waals surface area contributed by atoms with E-state index >= 15 is 0 Å². The van der Waals surface area contributed by atoms with Crippen molar-refractivity contribution in [1.82, 2.24) is 5.32 Å². The Labute approximate surface area is 349 Å². The first-order chi connectivity index (χ1) is 27.8. The third-order valence-electron chi connectivity index (χ3n) is 10.4. The quantitative estimate of drug-likeness (QED) is 0.0154. The predicted octanol–water partition coefficient (Wildman–Crippen LogP) is 11.4. The zero-order chi connectivity index (χ0) is 41.9. The van der Waals surface area contributed by atoms with Gasteiger partial charge in [0.05, 0.1) is 13.2 Å². The number of hydrogen-bond acceptors (Lipinski definition) is 7. The molecule has 0 radical (unpaired) electrons. The Morgan fingerprint density at radius 2 is 0.947 bits per heavy atom. The van der Waals surface area contributed by atoms with Gasteiger partial charge < -0.3 is 26.0 Å². The Morgan fingerprint density at radius 3 is 1.37 bits per heavy atom. The molecule has 0 aliphatic carbocycles. The van der Waals surface area contributed by atoms with Crippen LogP contribution in [-0.4, -0.2) is 60.8 Å². The van der Waals surface area contributed by atoms with Gasteiger partial charge in [-0.2, -0.15) is 0 Å². The van der Waals surface area contributed by atoms with Crippen molar-refractivity contribution >= 4 is 23.9 Å². The average Bonchev–Trinajstić information content (AvgIpc) is 3.19. The highest BCUT2D eigenvalue weighted by Crippen LogP contribution is 2.13. The SMILES string of the molecule is CCCCCCCC/C=C/CCCCCCCCOC(=O)CCC(N[C@@H](CCCN=C(N)N)C(=O)O)C(=O)OCCCCCCCC/C=C/CCCCCCCC. The number of carbonyl (C=O) groups is 3. The van der Waals surface area contributed by atoms with Crippen molar-refractivity contribution in [3.05, 3.63) is 24.3 Å². The van der Waals surface area contributed by atoms with Crippen molar-refractivity contribution in [2.75, 3.05) is 19.8 Å². The highest BCUT2D eigenvalue weighted by atomic mass is 16.5. The van der Waals surface area contributed by atoms with Gasteiger partial charge >= 0.3 is 17.9 Å². The van der Waals surface area contributed by atoms with Gasteiger partial charge in [0.25, 0.3) is 0 Å². The maximum atomic E-state index is 13.1. The molecule has 0 aromatic rings. The van der Waals surface area contributed by atoms with Gasteiger partial charge in [-0.3, -0.25) is 24.7 Å². The molecule has 10 heteroatoms. The van der Waals surface area contributed by atoms with E-state index in [1.807, 2.05) is 0 Å². The zero-order valence-corrected chi connectivity index (χ0v) is 36.8. The number of hydrogen-bond donors (Lipinski definition) is 4. The molecule has 10 nitrogen and oxygen atoms in total. The zero-order valence-electron chi connectivity index (χ0n) is 36.8. The summed E-state index contributed by atoms with van der Waals surface area (Å²) in [5, 5.41) is 12.8. The minimum Gasteiger partial charge on any atom is -0.480 e. The van der Waals surface area contributed by atoms with Gasteiger partial charge in [0.2, 0.25) is 0 Å². The second-order valence-electron chi connectivity index (χ2n) is 15.9. The molecule has 57 heavy (non-hydrogen) atoms. The van der Waals surface area contributed by atoms with E-state index < -0.39 is 30.0 Å². The molecule has 0 aliphatic rings. The smallest absolute Gasteiger partial charge is 0.323 e. The van der Waals surface area contributed by atoms with Crippen LogP contribution >= 0.6 is 0 Å². The van der Waals surface area contributed by atoms with E-state index in [4.69, 9.17) is 20.9 Å². The summed E-state index contributed by atoms with van der Waals surface area (Å²) in [5.74, 6) is -2.08. The molecular formula is C47H88N4O6. The molecule has 0 bridgehead atoms. The van der Waals surface area contributed by atoms with Crippen molar-refractivity contribution < 1.29 is 29.0 Å². The van der Waals surface area contributed by atoms with Crippen molar-refractivity contribution in [2.45, 2.75) is 231 Å². The van der Waals surface area contributed by atoms with Crippen molar-refractivity contribution in [3.63, 3.8) is 0 Å². The molecule has 0 aliphatic heterocycles. The van der Waals surface area contributed by atoms with Crippen molar-refractivity contribution in [1.29, 1.82) is 0 Å². The number of nitrogens with zero attached hydrogens (tertiary/aromatic N) is 1. The number of guanidine groups is 1. The number of carbonyl (C=O) groups excluding carboxylic acids is 2. The van der Waals surface area contributed by atoms with Gasteiger partial charge in [-0.25, -0.2) is 0 Å². The summed E-state index contributed by atoms with van der Waals surface area (Å²) >= 11 is 0. The number of esters is 2. The van der Waals surface area contributed by atoms with E-state index in [-0.39, 0.29) is 38.4 Å². The van der Waals surface area contributed by atoms with Crippen LogP contribution < -0.4 is 16.8 Å². The molecule has 0 saturated carbocycles. The van der Waals surface area contributed by atoms with Crippen LogP contribution in [0.2, 0.25) is 0 Å². The molecule has 1 unspecified atom stereocenters. The second-order valence-corrected chi connectivity index (χ2v) is 15.9. The summed E-state index contributed by atoms with van der Waals surface area (Å²) < 4.78 is 11.0. The number of nitrogens with one attached hydrogen (secondary N) is 1. The molecule has 2 atom stereocenters. The summed E-state index contributed by atoms with van der Waals surface area (Å²) in [7, 11) is 0. The highest BCUT2D eigenvalue weighted by molar-refractivity contribution is 5.79. The van der Waals surface area contributed by atoms with Crippen LogP contribution in [0.5, 0.6) is 0 Å². The Bertz CT molecular complexity index is 1030. The fraction of sp³-hybridized carbons (Fsp3) is 0.830. The topological polar surface area (TPSA) is 166 Å². The van der Waals surface area contributed by atoms with E-state index in [1.165, 1.54) is 122 Å². The molecule has 0 aromatic carbocycles. The minimum absolute atomic E-state index is 0.00623. The maximum Gasteiger partial charge on any atom is 0.323 e. The van der Waals surface area contributed by atoms with Gasteiger partial charge in [-0.05, 0) is 83.5 Å². The van der Waals surface area contributed by atoms with E-state index in [1.54, 1.807) is 0 Å². The lowest BCUT2D eigenvalue weighted by Crippen LogP contribution is -2.48. The maximum absolute atomic E-state index is 13.1. The number of unbranched alkanes of at least 4 members (excludes halogenated alkanes) is 24. The number of aliphatic carboxylic acids is 1. The van der Waals surface area contributed by atoms with Crippen LogP contribution in [0.4, 0.5) is 0 Å². The number of allylic oxidation sites excluding steroid dienone is 4. The van der Waals surface area contributed by atoms with Gasteiger partial charge in [0, 0.05) is 13.0 Å². The number of carboxylic acids is 1. The van der Waals surface area contributed by atoms with Crippen LogP contribution in [0.3, 0.4) is 0 Å². The predicted molar refractivity (Wildman–Crippen MR) is 238 cm³/mol. The summed E-state index contributed by atoms with van der Waals surface area (Å²) in [6.45, 7) is 5.40. The Kier molecular flexibility index (Phi) is 40.6. The summed E-state index contributed by atoms with van der Waals surface area (Å²) in [6, 6.07) is -1.96. The second kappa shape index (κ2) is 42.7. The first-order valence-electron chi connectivity index (χ1n) is 23.5. The molecule has 0 fully saturated rings. The number of ether oxygens (including phenoxy) is 2. The van der Waals surface area contributed by atoms with E-state index in [9.17, 15) is 19.5 Å². The molecule has 332 valence electrons. The van der Waals surface area contributed by atoms with E-state index in [0.717, 1.165) is 57.8 Å². The van der Waals surface area contributed by atoms with Crippen LogP contribution in [0.15, 0.2) is 29.3 Å². The van der Waals surface area contributed by atoms with Crippen LogP contribution in [0.25, 0.3) is 0 Å². The molecule has 0 saturated heterocycles. The fourth-order valence-corrected chi connectivity index (χ4v) is 6.79. The third-order valence-corrected chi connectivity index (χ3v) is 10.4. The molecule has 0 spiro atoms. The van der Waals surface area contributed by atoms with Gasteiger partial charge in [-0.1, -0.05) is 154 Å². The number of aliphatic imine (C=N–C) groups is 1. The average molecular weight is 805 g/mol. The fourth-order valence-electron chi connectivity index (χ4n) is 6.79. The lowest BCUT2D eigenvalue weighted by molar-refractivity contribution is -0.148. The highest BCUT2D eigenvalue weighted by Gasteiger charge is 2.28. The van der Waals surface area contributed by atoms with Crippen molar-refractivity contribution in [2.24, 2.45) is 16.5 Å². The van der Waals surface area contributed by atoms with Gasteiger partial charge in [0.15, 0.2) is 5.96 Å². The number of nitrogens with two attached hydrogens (primary N) is 2. The summed E-state index contributed by atoms with van der Waals surface area (Å²) in [6.07, 6.45) is 43.7. The number of rotatable bonds is 43. The molecule has 0 aromatic heterocycles. The molecule has 0 amide bonds. The Balaban J connectivity index is 4.38. The summed E-state index contributed by atoms with van der Waals surface area (Å²) in [4.78, 5) is 41.7. The lowest BCUT2D eigenvalue weighted by atomic mass is 10.1. The first kappa shape index (κ1) is 54.1. The molecule has 0 heterocycles. The molecule has 0 rings (SSSR count). The van der Waals surface area contributed by atoms with E-state index in [0.29, 0.717) is 13.0 Å². The number of carboxylic acid groups (broad SMARTS) is 1. The molecular weight excluding hydrogens is 717 g/mol. The van der Waals surface area contributed by atoms with Crippen LogP contribution in [0.1, 0.15) is 219 Å². The normalized spacial score (nSPS) is 12.6. The Hall–Kier alpha value is -2.88. The van der Waals surface area contributed by atoms with Gasteiger partial charge in [0.1, 0.15) is 12.1 Å². The largest absolute Gasteiger partial charge is 0.480 e. The van der Waals surface area contributed by atoms with Crippen LogP contribution in [-0.2, 0) is 23.9 Å². The third kappa shape index (κ3) is 39.7. The van der Waals surface area contributed by atoms with Gasteiger partial charge in [-0.15, -0.1) is 0 Å². The molecule has 6 N–H and O–H groups in total. The monoisotopic (exact) mass is 805 g/mol. The Morgan fingerprint density at radius 1 is 0.544 bits per heavy atom. The van der Waals surface area contributed by atoms with E-state index in [2.05, 4.69) is 48.5 Å². The lowest BCUT2D eigenvalue weighted by Gasteiger charge is -2.22. The van der Waals surface area contributed by atoms with Crippen LogP contribution in [0, 0.1) is 0 Å².